The Morgan fingerprint density at radius 1 is 0.964 bits per heavy atom. The number of carboxylic acid groups (broad SMARTS) is 1. The van der Waals surface area contributed by atoms with E-state index in [9.17, 15) is 24.0 Å². The van der Waals surface area contributed by atoms with Gasteiger partial charge in [-0.3, -0.25) is 9.59 Å². The third-order valence-corrected chi connectivity index (χ3v) is 3.37. The SMILES string of the molecule is C=C(CC=C(C)C(=O)O)C(=O)OCCOC(=O)C(C(=C)C(=O)OCC)C(C)=O. The van der Waals surface area contributed by atoms with E-state index >= 15 is 0 Å². The number of hydrogen-bond acceptors (Lipinski definition) is 8. The van der Waals surface area contributed by atoms with Crippen molar-refractivity contribution in [3.8, 4) is 0 Å². The zero-order chi connectivity index (χ0) is 21.9. The van der Waals surface area contributed by atoms with Crippen molar-refractivity contribution >= 4 is 29.7 Å². The number of ketones is 1. The summed E-state index contributed by atoms with van der Waals surface area (Å²) < 4.78 is 14.4. The van der Waals surface area contributed by atoms with Crippen molar-refractivity contribution in [2.45, 2.75) is 27.2 Å². The highest BCUT2D eigenvalue weighted by molar-refractivity contribution is 6.08. The topological polar surface area (TPSA) is 133 Å². The molecule has 28 heavy (non-hydrogen) atoms. The molecule has 0 rings (SSSR count). The number of carbonyl (C=O) groups is 5. The zero-order valence-corrected chi connectivity index (χ0v) is 16.1. The molecule has 0 radical (unpaired) electrons. The largest absolute Gasteiger partial charge is 0.478 e. The first-order valence-electron chi connectivity index (χ1n) is 8.30. The Kier molecular flexibility index (Phi) is 10.8. The molecule has 0 saturated carbocycles. The van der Waals surface area contributed by atoms with E-state index in [4.69, 9.17) is 19.3 Å². The Bertz CT molecular complexity index is 700. The summed E-state index contributed by atoms with van der Waals surface area (Å²) in [6.07, 6.45) is 1.30. The second-order valence-electron chi connectivity index (χ2n) is 5.59. The molecule has 0 aliphatic carbocycles. The lowest BCUT2D eigenvalue weighted by Gasteiger charge is -2.15. The van der Waals surface area contributed by atoms with Gasteiger partial charge in [0.15, 0.2) is 0 Å². The average Bonchev–Trinajstić information content (AvgIpc) is 2.62. The fourth-order valence-electron chi connectivity index (χ4n) is 1.80. The number of carboxylic acids is 1. The molecule has 1 unspecified atom stereocenters. The highest BCUT2D eigenvalue weighted by Gasteiger charge is 2.32. The van der Waals surface area contributed by atoms with Gasteiger partial charge < -0.3 is 19.3 Å². The van der Waals surface area contributed by atoms with Crippen LogP contribution in [-0.4, -0.2) is 54.6 Å². The molecule has 1 atom stereocenters. The van der Waals surface area contributed by atoms with Crippen molar-refractivity contribution < 1.29 is 43.3 Å². The Morgan fingerprint density at radius 3 is 2.04 bits per heavy atom. The van der Waals surface area contributed by atoms with Crippen LogP contribution in [0.4, 0.5) is 0 Å². The van der Waals surface area contributed by atoms with Gasteiger partial charge in [0, 0.05) is 11.1 Å². The first-order valence-corrected chi connectivity index (χ1v) is 8.30. The molecule has 0 aliphatic rings. The van der Waals surface area contributed by atoms with Crippen LogP contribution in [0.25, 0.3) is 0 Å². The van der Waals surface area contributed by atoms with Gasteiger partial charge in [0.1, 0.15) is 24.9 Å². The second-order valence-corrected chi connectivity index (χ2v) is 5.59. The lowest BCUT2D eigenvalue weighted by Crippen LogP contribution is -2.30. The molecule has 0 heterocycles. The third-order valence-electron chi connectivity index (χ3n) is 3.37. The van der Waals surface area contributed by atoms with E-state index in [1.807, 2.05) is 0 Å². The van der Waals surface area contributed by atoms with Crippen LogP contribution in [0.2, 0.25) is 0 Å². The second kappa shape index (κ2) is 12.2. The van der Waals surface area contributed by atoms with Crippen LogP contribution in [0.3, 0.4) is 0 Å². The molecule has 0 saturated heterocycles. The Morgan fingerprint density at radius 2 is 1.54 bits per heavy atom. The van der Waals surface area contributed by atoms with E-state index < -0.39 is 35.6 Å². The van der Waals surface area contributed by atoms with Gasteiger partial charge in [-0.1, -0.05) is 19.2 Å². The van der Waals surface area contributed by atoms with Gasteiger partial charge in [0.25, 0.3) is 0 Å². The van der Waals surface area contributed by atoms with Crippen LogP contribution >= 0.6 is 0 Å². The maximum atomic E-state index is 12.0. The molecule has 0 amide bonds. The van der Waals surface area contributed by atoms with E-state index in [0.29, 0.717) is 0 Å². The lowest BCUT2D eigenvalue weighted by atomic mass is 9.97. The summed E-state index contributed by atoms with van der Waals surface area (Å²) >= 11 is 0. The summed E-state index contributed by atoms with van der Waals surface area (Å²) in [5.74, 6) is -5.95. The van der Waals surface area contributed by atoms with Crippen molar-refractivity contribution in [2.75, 3.05) is 19.8 Å². The van der Waals surface area contributed by atoms with Gasteiger partial charge in [-0.15, -0.1) is 0 Å². The zero-order valence-electron chi connectivity index (χ0n) is 16.1. The maximum Gasteiger partial charge on any atom is 0.334 e. The molecule has 9 heteroatoms. The predicted octanol–water partition coefficient (Wildman–Crippen LogP) is 1.37. The fraction of sp³-hybridized carbons (Fsp3) is 0.421. The van der Waals surface area contributed by atoms with Gasteiger partial charge in [-0.05, 0) is 27.2 Å². The molecule has 9 nitrogen and oxygen atoms in total. The number of ether oxygens (including phenoxy) is 3. The first-order chi connectivity index (χ1) is 13.0. The van der Waals surface area contributed by atoms with Crippen molar-refractivity contribution in [1.29, 1.82) is 0 Å². The molecule has 0 aromatic carbocycles. The van der Waals surface area contributed by atoms with Crippen LogP contribution in [0, 0.1) is 5.92 Å². The highest BCUT2D eigenvalue weighted by atomic mass is 16.6. The quantitative estimate of drug-likeness (QED) is 0.171. The number of aliphatic carboxylic acids is 1. The number of Topliss-reactive ketones (excluding diaryl/α,β-unsaturated/α-hetero) is 1. The number of allylic oxidation sites excluding steroid dienone is 1. The highest BCUT2D eigenvalue weighted by Crippen LogP contribution is 2.15. The molecule has 154 valence electrons. The van der Waals surface area contributed by atoms with E-state index in [0.717, 1.165) is 6.92 Å². The van der Waals surface area contributed by atoms with Gasteiger partial charge in [0.2, 0.25) is 0 Å². The molecular formula is C19H24O9. The van der Waals surface area contributed by atoms with Crippen LogP contribution < -0.4 is 0 Å². The molecule has 0 fully saturated rings. The summed E-state index contributed by atoms with van der Waals surface area (Å²) in [6, 6.07) is 0. The minimum absolute atomic E-state index is 0.0114. The first kappa shape index (κ1) is 24.8. The Hall–Kier alpha value is -3.23. The van der Waals surface area contributed by atoms with Gasteiger partial charge in [-0.25, -0.2) is 14.4 Å². The van der Waals surface area contributed by atoms with Crippen LogP contribution in [-0.2, 0) is 38.2 Å². The van der Waals surface area contributed by atoms with Gasteiger partial charge in [0.05, 0.1) is 12.2 Å². The fourth-order valence-corrected chi connectivity index (χ4v) is 1.80. The number of carbonyl (C=O) groups excluding carboxylic acids is 4. The smallest absolute Gasteiger partial charge is 0.334 e. The average molecular weight is 396 g/mol. The number of esters is 3. The van der Waals surface area contributed by atoms with Crippen molar-refractivity contribution in [3.05, 3.63) is 36.0 Å². The summed E-state index contributed by atoms with van der Waals surface area (Å²) in [5, 5.41) is 8.72. The molecule has 0 spiro atoms. The number of hydrogen-bond donors (Lipinski definition) is 1. The van der Waals surface area contributed by atoms with Gasteiger partial charge in [-0.2, -0.15) is 0 Å². The van der Waals surface area contributed by atoms with E-state index in [1.165, 1.54) is 13.0 Å². The molecule has 0 bridgehead atoms. The molecule has 1 N–H and O–H groups in total. The third kappa shape index (κ3) is 8.43. The lowest BCUT2D eigenvalue weighted by molar-refractivity contribution is -0.156. The minimum Gasteiger partial charge on any atom is -0.478 e. The van der Waals surface area contributed by atoms with Crippen LogP contribution in [0.1, 0.15) is 27.2 Å². The Labute approximate surface area is 162 Å². The van der Waals surface area contributed by atoms with Crippen LogP contribution in [0.5, 0.6) is 0 Å². The predicted molar refractivity (Wildman–Crippen MR) is 97.0 cm³/mol. The van der Waals surface area contributed by atoms with Gasteiger partial charge >= 0.3 is 23.9 Å². The molecule has 0 aliphatic heterocycles. The molecule has 0 aromatic rings. The molecule has 0 aromatic heterocycles. The minimum atomic E-state index is -1.51. The van der Waals surface area contributed by atoms with Crippen molar-refractivity contribution in [2.24, 2.45) is 5.92 Å². The summed E-state index contributed by atoms with van der Waals surface area (Å²) in [6.45, 7) is 10.3. The molecular weight excluding hydrogens is 372 g/mol. The van der Waals surface area contributed by atoms with Crippen molar-refractivity contribution in [1.82, 2.24) is 0 Å². The summed E-state index contributed by atoms with van der Waals surface area (Å²) in [7, 11) is 0. The van der Waals surface area contributed by atoms with E-state index in [2.05, 4.69) is 13.2 Å². The normalized spacial score (nSPS) is 11.8. The van der Waals surface area contributed by atoms with Crippen LogP contribution in [0.15, 0.2) is 36.0 Å². The van der Waals surface area contributed by atoms with Crippen molar-refractivity contribution in [3.63, 3.8) is 0 Å². The monoisotopic (exact) mass is 396 g/mol. The standard InChI is InChI=1S/C19H24O9/c1-6-26-18(24)13(4)15(14(5)20)19(25)28-10-9-27-17(23)12(3)8-7-11(2)16(21)22/h7,15H,3-4,6,8-10H2,1-2,5H3,(H,21,22). The maximum absolute atomic E-state index is 12.0. The summed E-state index contributed by atoms with van der Waals surface area (Å²) in [4.78, 5) is 57.7. The number of rotatable bonds is 12. The van der Waals surface area contributed by atoms with E-state index in [-0.39, 0.29) is 43.0 Å². The summed E-state index contributed by atoms with van der Waals surface area (Å²) in [5.41, 5.74) is -0.269. The Balaban J connectivity index is 4.53. The van der Waals surface area contributed by atoms with E-state index in [1.54, 1.807) is 6.92 Å².